The number of aromatic amines is 2. The molecule has 0 saturated carbocycles. The Hall–Kier alpha value is -1.51. The summed E-state index contributed by atoms with van der Waals surface area (Å²) in [7, 11) is 0. The van der Waals surface area contributed by atoms with Gasteiger partial charge in [0, 0.05) is 44.8 Å². The number of nitrogens with zero attached hydrogens (tertiary/aromatic N) is 1. The van der Waals surface area contributed by atoms with E-state index in [0.29, 0.717) is 17.6 Å². The normalized spacial score (nSPS) is 20.5. The smallest absolute Gasteiger partial charge is 0.204 e. The van der Waals surface area contributed by atoms with Crippen LogP contribution in [0, 0.1) is 0 Å². The zero-order valence-electron chi connectivity index (χ0n) is 13.3. The minimum Gasteiger partial charge on any atom is -0.411 e. The fourth-order valence-electron chi connectivity index (χ4n) is 2.76. The quantitative estimate of drug-likeness (QED) is 0.358. The molecule has 2 unspecified atom stereocenters. The van der Waals surface area contributed by atoms with Gasteiger partial charge in [0.2, 0.25) is 5.56 Å². The maximum absolute atomic E-state index is 12.0. The molecule has 5 N–H and O–H groups in total. The molecular weight excluding hydrogens is 490 g/mol. The molecule has 2 aromatic heterocycles. The molecule has 2 aromatic rings. The molecule has 1 aliphatic rings. The monoisotopic (exact) mass is 511 g/mol. The fraction of sp³-hybridized carbons (Fsp3) is 0.467. The maximum atomic E-state index is 12.0. The number of rotatable bonds is 5. The Morgan fingerprint density at radius 1 is 1.50 bits per heavy atom. The Bertz CT molecular complexity index is 792. The van der Waals surface area contributed by atoms with Crippen LogP contribution in [0.5, 0.6) is 0 Å². The van der Waals surface area contributed by atoms with E-state index in [1.165, 1.54) is 0 Å². The van der Waals surface area contributed by atoms with Crippen molar-refractivity contribution in [1.82, 2.24) is 20.3 Å². The first-order valence-electron chi connectivity index (χ1n) is 7.45. The van der Waals surface area contributed by atoms with E-state index in [2.05, 4.69) is 20.3 Å². The summed E-state index contributed by atoms with van der Waals surface area (Å²) in [5, 5.41) is 13.5. The van der Waals surface area contributed by atoms with Crippen LogP contribution in [0.25, 0.3) is 16.8 Å². The number of aliphatic hydroxyl groups is 1. The van der Waals surface area contributed by atoms with Crippen molar-refractivity contribution in [1.29, 1.82) is 0 Å². The van der Waals surface area contributed by atoms with E-state index in [0.717, 1.165) is 12.0 Å². The third-order valence-corrected chi connectivity index (χ3v) is 3.66. The van der Waals surface area contributed by atoms with Gasteiger partial charge < -0.3 is 35.8 Å². The number of fused-ring (bicyclic) bond motifs is 1. The van der Waals surface area contributed by atoms with Gasteiger partial charge in [-0.15, -0.1) is 0 Å². The van der Waals surface area contributed by atoms with E-state index in [9.17, 15) is 9.90 Å². The maximum Gasteiger partial charge on any atom is 0.204 e. The van der Waals surface area contributed by atoms with Gasteiger partial charge in [0.1, 0.15) is 0 Å². The topological polar surface area (TPSA) is 127 Å². The Kier molecular flexibility index (Phi) is 5.62. The van der Waals surface area contributed by atoms with Crippen molar-refractivity contribution in [3.05, 3.63) is 40.0 Å². The van der Waals surface area contributed by atoms with Crippen LogP contribution < -0.4 is 10.9 Å². The van der Waals surface area contributed by atoms with Crippen LogP contribution in [-0.2, 0) is 31.4 Å². The first-order valence-corrected chi connectivity index (χ1v) is 7.45. The minimum absolute atomic E-state index is 0. The summed E-state index contributed by atoms with van der Waals surface area (Å²) in [5.41, 5.74) is 8.31. The molecule has 3 rings (SSSR count). The third-order valence-electron chi connectivity index (χ3n) is 3.66. The Labute approximate surface area is 152 Å². The molecule has 1 aliphatic carbocycles. The number of hydrogen-bond acceptors (Lipinski definition) is 5. The van der Waals surface area contributed by atoms with Crippen LogP contribution in [0.1, 0.15) is 25.8 Å². The van der Waals surface area contributed by atoms with Gasteiger partial charge in [0.05, 0.1) is 17.1 Å². The molecule has 9 heteroatoms. The average molecular weight is 511 g/mol. The average Bonchev–Trinajstić information content (AvgIpc) is 3.01. The molecule has 1 radical (unpaired) electrons. The van der Waals surface area contributed by atoms with Crippen LogP contribution in [-0.4, -0.2) is 38.0 Å². The molecule has 0 saturated heterocycles. The van der Waals surface area contributed by atoms with Crippen LogP contribution in [0.15, 0.2) is 23.1 Å². The predicted molar refractivity (Wildman–Crippen MR) is 86.3 cm³/mol. The fourth-order valence-corrected chi connectivity index (χ4v) is 2.76. The zero-order chi connectivity index (χ0) is 16.6. The first-order chi connectivity index (χ1) is 10.8. The molecule has 0 aliphatic heterocycles. The number of ether oxygens (including phenoxy) is 1. The second-order valence-electron chi connectivity index (χ2n) is 6.16. The van der Waals surface area contributed by atoms with E-state index in [-0.39, 0.29) is 43.8 Å². The Morgan fingerprint density at radius 2 is 2.25 bits per heavy atom. The van der Waals surface area contributed by atoms with Crippen molar-refractivity contribution in [3.63, 3.8) is 0 Å². The second-order valence-corrected chi connectivity index (χ2v) is 6.16. The number of aromatic nitrogens is 3. The van der Waals surface area contributed by atoms with Crippen molar-refractivity contribution < 1.29 is 29.9 Å². The van der Waals surface area contributed by atoms with E-state index in [1.807, 2.05) is 12.2 Å². The van der Waals surface area contributed by atoms with Gasteiger partial charge >= 0.3 is 0 Å². The van der Waals surface area contributed by atoms with Crippen molar-refractivity contribution in [2.24, 2.45) is 0 Å². The second kappa shape index (κ2) is 7.16. The Balaban J connectivity index is 0.00000208. The van der Waals surface area contributed by atoms with Gasteiger partial charge in [-0.3, -0.25) is 4.79 Å². The van der Waals surface area contributed by atoms with E-state index >= 15 is 0 Å². The number of H-pyrrole nitrogens is 2. The molecule has 2 heterocycles. The van der Waals surface area contributed by atoms with Crippen molar-refractivity contribution >= 4 is 17.0 Å². The van der Waals surface area contributed by atoms with Gasteiger partial charge in [-0.25, -0.2) is 0 Å². The van der Waals surface area contributed by atoms with Crippen LogP contribution in [0.3, 0.4) is 0 Å². The Morgan fingerprint density at radius 3 is 2.96 bits per heavy atom. The summed E-state index contributed by atoms with van der Waals surface area (Å²) in [4.78, 5) is 21.2. The molecule has 0 fully saturated rings. The number of hydrogen-bond donors (Lipinski definition) is 4. The van der Waals surface area contributed by atoms with Gasteiger partial charge in [-0.05, 0) is 25.8 Å². The van der Waals surface area contributed by atoms with E-state index < -0.39 is 5.79 Å². The van der Waals surface area contributed by atoms with Crippen molar-refractivity contribution in [2.75, 3.05) is 0 Å². The third kappa shape index (κ3) is 4.31. The van der Waals surface area contributed by atoms with Gasteiger partial charge in [-0.1, -0.05) is 12.2 Å². The minimum atomic E-state index is -1.16. The summed E-state index contributed by atoms with van der Waals surface area (Å²) in [6.07, 6.45) is 6.23. The summed E-state index contributed by atoms with van der Waals surface area (Å²) in [5.74, 6) is -1.32. The molecular formula is C15H20IrN5O3-. The molecule has 8 nitrogen and oxygen atoms in total. The van der Waals surface area contributed by atoms with Crippen LogP contribution >= 0.6 is 0 Å². The van der Waals surface area contributed by atoms with Gasteiger partial charge in [0.15, 0.2) is 5.79 Å². The molecule has 133 valence electrons. The molecule has 0 bridgehead atoms. The predicted octanol–water partition coefficient (Wildman–Crippen LogP) is 1.46. The summed E-state index contributed by atoms with van der Waals surface area (Å²) < 4.78 is 5.51. The zero-order valence-corrected chi connectivity index (χ0v) is 15.7. The first kappa shape index (κ1) is 18.8. The molecule has 2 atom stereocenters. The SMILES string of the molecule is CC(C)(O)OC1C=CC(NCc2c[nH]c3nc([NH-])[nH]c(=O)c23)C1.[Ir]. The van der Waals surface area contributed by atoms with Crippen LogP contribution in [0.4, 0.5) is 5.95 Å². The van der Waals surface area contributed by atoms with Crippen LogP contribution in [0.2, 0.25) is 0 Å². The standard InChI is InChI=1S/C15H21N5O3.Ir/c1-15(2,22)23-10-4-3-9(5-10)17-6-8-7-18-12-11(8)13(21)20-14(16)19-12;/h3-4,7,9-10,17,22H,5-6H2,1-2H3,(H4,16,18,19,20,21);/p-1. The molecule has 24 heavy (non-hydrogen) atoms. The summed E-state index contributed by atoms with van der Waals surface area (Å²) in [6.45, 7) is 3.70. The summed E-state index contributed by atoms with van der Waals surface area (Å²) >= 11 is 0. The molecule has 0 aromatic carbocycles. The van der Waals surface area contributed by atoms with Crippen molar-refractivity contribution in [3.8, 4) is 0 Å². The van der Waals surface area contributed by atoms with E-state index in [4.69, 9.17) is 10.5 Å². The summed E-state index contributed by atoms with van der Waals surface area (Å²) in [6, 6.07) is 0.106. The molecule has 0 amide bonds. The number of nitrogens with one attached hydrogen (secondary N) is 4. The van der Waals surface area contributed by atoms with Gasteiger partial charge in [0.25, 0.3) is 0 Å². The van der Waals surface area contributed by atoms with Gasteiger partial charge in [-0.2, -0.15) is 0 Å². The van der Waals surface area contributed by atoms with Crippen molar-refractivity contribution in [2.45, 2.75) is 44.7 Å². The molecule has 0 spiro atoms. The largest absolute Gasteiger partial charge is 0.411 e. The van der Waals surface area contributed by atoms with E-state index in [1.54, 1.807) is 20.0 Å².